The van der Waals surface area contributed by atoms with Crippen molar-refractivity contribution in [1.29, 1.82) is 0 Å². The zero-order chi connectivity index (χ0) is 43.4. The molecule has 0 spiro atoms. The van der Waals surface area contributed by atoms with Gasteiger partial charge in [0.15, 0.2) is 11.4 Å². The highest BCUT2D eigenvalue weighted by Gasteiger charge is 2.78. The number of Topliss-reactive ketones (excluding diaryl/α,β-unsaturated/α-hetero) is 1. The van der Waals surface area contributed by atoms with Gasteiger partial charge in [0.1, 0.15) is 30.0 Å². The molecule has 2 bridgehead atoms. The van der Waals surface area contributed by atoms with Crippen molar-refractivity contribution < 1.29 is 63.3 Å². The molecule has 1 aliphatic heterocycles. The van der Waals surface area contributed by atoms with Crippen LogP contribution in [0.4, 0.5) is 0 Å². The fourth-order valence-corrected chi connectivity index (χ4v) is 10.1. The van der Waals surface area contributed by atoms with Gasteiger partial charge < -0.3 is 44.7 Å². The molecule has 11 atom stereocenters. The largest absolute Gasteiger partial charge is 0.458 e. The SMILES string of the molecule is CC(=O)O[C@@]12CO[C@@H]1C[C@H](O)[C@@]1(C)C(=O)[C@H](O)C3=C(C)[C@@H](OC(=O)C[C@H](O)[C@@H](NC(=O)c4ccccc4)c4ccccc4)C[C@@](O)([C@@H](OC(=O)c4ccccc4)[C@H]21)C3(C)C. The minimum Gasteiger partial charge on any atom is -0.458 e. The van der Waals surface area contributed by atoms with Gasteiger partial charge in [0.25, 0.3) is 5.91 Å². The van der Waals surface area contributed by atoms with Crippen LogP contribution in [-0.4, -0.2) is 104 Å². The summed E-state index contributed by atoms with van der Waals surface area (Å²) >= 11 is 0. The Kier molecular flexibility index (Phi) is 11.4. The van der Waals surface area contributed by atoms with E-state index >= 15 is 0 Å². The Morgan fingerprint density at radius 1 is 0.883 bits per heavy atom. The van der Waals surface area contributed by atoms with Crippen LogP contribution in [0.3, 0.4) is 0 Å². The van der Waals surface area contributed by atoms with E-state index in [-0.39, 0.29) is 29.7 Å². The van der Waals surface area contributed by atoms with Crippen molar-refractivity contribution in [3.8, 4) is 0 Å². The summed E-state index contributed by atoms with van der Waals surface area (Å²) in [5.41, 5.74) is -6.44. The Labute approximate surface area is 347 Å². The number of carbonyl (C=O) groups excluding carboxylic acids is 5. The van der Waals surface area contributed by atoms with Gasteiger partial charge in [-0.15, -0.1) is 0 Å². The van der Waals surface area contributed by atoms with Crippen LogP contribution in [0.2, 0.25) is 0 Å². The summed E-state index contributed by atoms with van der Waals surface area (Å²) < 4.78 is 24.2. The van der Waals surface area contributed by atoms with Crippen LogP contribution >= 0.6 is 0 Å². The number of aliphatic hydroxyl groups is 4. The number of rotatable bonds is 10. The molecule has 4 aliphatic rings. The number of benzene rings is 3. The maximum Gasteiger partial charge on any atom is 0.338 e. The minimum absolute atomic E-state index is 0.0157. The maximum atomic E-state index is 15.0. The third-order valence-electron chi connectivity index (χ3n) is 13.4. The highest BCUT2D eigenvalue weighted by Crippen LogP contribution is 2.64. The number of esters is 3. The fourth-order valence-electron chi connectivity index (χ4n) is 10.1. The predicted molar refractivity (Wildman–Crippen MR) is 213 cm³/mol. The molecule has 14 heteroatoms. The number of hydrogen-bond acceptors (Lipinski definition) is 13. The van der Waals surface area contributed by atoms with Gasteiger partial charge in [-0.2, -0.15) is 0 Å². The molecule has 7 rings (SSSR count). The van der Waals surface area contributed by atoms with Crippen molar-refractivity contribution >= 4 is 29.6 Å². The molecule has 1 saturated heterocycles. The molecule has 2 saturated carbocycles. The number of hydrogen-bond donors (Lipinski definition) is 5. The molecule has 0 radical (unpaired) electrons. The summed E-state index contributed by atoms with van der Waals surface area (Å²) in [5, 5.41) is 51.9. The highest BCUT2D eigenvalue weighted by atomic mass is 16.6. The van der Waals surface area contributed by atoms with Crippen LogP contribution in [-0.2, 0) is 33.3 Å². The second kappa shape index (κ2) is 16.0. The summed E-state index contributed by atoms with van der Waals surface area (Å²) in [6.45, 7) is 6.99. The fraction of sp³-hybridized carbons (Fsp3) is 0.457. The van der Waals surface area contributed by atoms with Gasteiger partial charge in [0, 0.05) is 30.7 Å². The standard InChI is InChI=1S/C46H51NO13/c1-25-31(58-34(51)21-30(49)36(27-15-9-6-10-16-27)47-41(54)28-17-11-7-12-18-28)23-46(56)40(59-42(55)29-19-13-8-14-20-29)38-44(5,39(53)37(52)35(25)43(46,3)4)32(50)22-33-45(38,24-57-33)60-26(2)48/h6-20,30-33,36-38,40,49-50,52,56H,21-24H2,1-5H3,(H,47,54)/t30-,31-,32-,33+,36-,37+,38-,40-,44+,45-,46+/m0/s1. The van der Waals surface area contributed by atoms with Crippen LogP contribution in [0.1, 0.15) is 86.2 Å². The van der Waals surface area contributed by atoms with E-state index in [2.05, 4.69) is 5.32 Å². The van der Waals surface area contributed by atoms with Crippen molar-refractivity contribution in [2.75, 3.05) is 6.61 Å². The molecule has 0 unspecified atom stereocenters. The molecule has 1 amide bonds. The lowest BCUT2D eigenvalue weighted by atomic mass is 9.44. The Morgan fingerprint density at radius 2 is 1.47 bits per heavy atom. The third-order valence-corrected chi connectivity index (χ3v) is 13.4. The van der Waals surface area contributed by atoms with Crippen molar-refractivity contribution in [3.05, 3.63) is 119 Å². The van der Waals surface area contributed by atoms with Gasteiger partial charge >= 0.3 is 17.9 Å². The van der Waals surface area contributed by atoms with E-state index < -0.39 is 113 Å². The van der Waals surface area contributed by atoms with E-state index in [1.54, 1.807) is 99.6 Å². The van der Waals surface area contributed by atoms with E-state index in [1.165, 1.54) is 26.0 Å². The highest BCUT2D eigenvalue weighted by molar-refractivity contribution is 5.95. The normalized spacial score (nSPS) is 32.6. The Bertz CT molecular complexity index is 2180. The summed E-state index contributed by atoms with van der Waals surface area (Å²) in [5.74, 6) is -5.46. The molecule has 3 fully saturated rings. The van der Waals surface area contributed by atoms with E-state index in [4.69, 9.17) is 18.9 Å². The maximum absolute atomic E-state index is 15.0. The van der Waals surface area contributed by atoms with Crippen molar-refractivity contribution in [2.45, 2.75) is 108 Å². The first kappa shape index (κ1) is 42.9. The predicted octanol–water partition coefficient (Wildman–Crippen LogP) is 3.56. The molecule has 1 heterocycles. The van der Waals surface area contributed by atoms with Crippen LogP contribution in [0.5, 0.6) is 0 Å². The molecular formula is C46H51NO13. The van der Waals surface area contributed by atoms with Gasteiger partial charge in [-0.25, -0.2) is 4.79 Å². The van der Waals surface area contributed by atoms with E-state index in [0.717, 1.165) is 0 Å². The van der Waals surface area contributed by atoms with Crippen LogP contribution in [0, 0.1) is 16.7 Å². The van der Waals surface area contributed by atoms with Crippen LogP contribution in [0.15, 0.2) is 102 Å². The second-order valence-corrected chi connectivity index (χ2v) is 17.1. The molecular weight excluding hydrogens is 774 g/mol. The van der Waals surface area contributed by atoms with Crippen molar-refractivity contribution in [2.24, 2.45) is 16.7 Å². The second-order valence-electron chi connectivity index (χ2n) is 17.1. The lowest BCUT2D eigenvalue weighted by molar-refractivity contribution is -0.346. The monoisotopic (exact) mass is 825 g/mol. The van der Waals surface area contributed by atoms with Gasteiger partial charge in [-0.3, -0.25) is 19.2 Å². The van der Waals surface area contributed by atoms with E-state index in [9.17, 15) is 44.4 Å². The number of aliphatic hydroxyl groups excluding tert-OH is 3. The molecule has 3 aromatic rings. The van der Waals surface area contributed by atoms with E-state index in [1.807, 2.05) is 0 Å². The lowest BCUT2D eigenvalue weighted by Gasteiger charge is -2.67. The molecule has 60 heavy (non-hydrogen) atoms. The average molecular weight is 826 g/mol. The van der Waals surface area contributed by atoms with Gasteiger partial charge in [-0.1, -0.05) is 80.6 Å². The summed E-state index contributed by atoms with van der Waals surface area (Å²) in [6.07, 6.45) is -10.4. The van der Waals surface area contributed by atoms with Crippen LogP contribution < -0.4 is 5.32 Å². The number of amides is 1. The zero-order valence-corrected chi connectivity index (χ0v) is 34.1. The first-order valence-corrected chi connectivity index (χ1v) is 20.1. The van der Waals surface area contributed by atoms with Crippen molar-refractivity contribution in [3.63, 3.8) is 0 Å². The number of nitrogens with one attached hydrogen (secondary N) is 1. The minimum atomic E-state index is -2.30. The molecule has 318 valence electrons. The van der Waals surface area contributed by atoms with Gasteiger partial charge in [-0.05, 0) is 54.8 Å². The Hall–Kier alpha value is -5.25. The first-order valence-electron chi connectivity index (χ1n) is 20.1. The van der Waals surface area contributed by atoms with E-state index in [0.29, 0.717) is 11.1 Å². The summed E-state index contributed by atoms with van der Waals surface area (Å²) in [7, 11) is 0. The zero-order valence-electron chi connectivity index (χ0n) is 34.1. The first-order chi connectivity index (χ1) is 28.4. The topological polar surface area (TPSA) is 215 Å². The number of ketones is 1. The molecule has 3 aliphatic carbocycles. The van der Waals surface area contributed by atoms with Gasteiger partial charge in [0.2, 0.25) is 0 Å². The number of fused-ring (bicyclic) bond motifs is 5. The molecule has 3 aromatic carbocycles. The Morgan fingerprint density at radius 3 is 2.03 bits per heavy atom. The summed E-state index contributed by atoms with van der Waals surface area (Å²) in [6, 6.07) is 23.8. The smallest absolute Gasteiger partial charge is 0.338 e. The number of ether oxygens (including phenoxy) is 4. The number of carbonyl (C=O) groups is 5. The Balaban J connectivity index is 1.29. The van der Waals surface area contributed by atoms with Gasteiger partial charge in [0.05, 0.1) is 48.2 Å². The third kappa shape index (κ3) is 7.03. The summed E-state index contributed by atoms with van der Waals surface area (Å²) in [4.78, 5) is 69.2. The molecule has 0 aromatic heterocycles. The molecule has 14 nitrogen and oxygen atoms in total. The van der Waals surface area contributed by atoms with Crippen molar-refractivity contribution in [1.82, 2.24) is 5.32 Å². The quantitative estimate of drug-likeness (QED) is 0.113. The lowest BCUT2D eigenvalue weighted by Crippen LogP contribution is -2.81. The molecule has 5 N–H and O–H groups in total. The van der Waals surface area contributed by atoms with Crippen LogP contribution in [0.25, 0.3) is 0 Å². The average Bonchev–Trinajstić information content (AvgIpc) is 3.21.